The van der Waals surface area contributed by atoms with Crippen LogP contribution in [0, 0.1) is 0 Å². The third-order valence-electron chi connectivity index (χ3n) is 5.95. The van der Waals surface area contributed by atoms with E-state index in [-0.39, 0.29) is 12.5 Å². The monoisotopic (exact) mass is 392 g/mol. The Balaban J connectivity index is 1.19. The van der Waals surface area contributed by atoms with Crippen molar-refractivity contribution in [1.29, 1.82) is 0 Å². The maximum atomic E-state index is 12.6. The summed E-state index contributed by atoms with van der Waals surface area (Å²) in [5, 5.41) is 1.14. The summed E-state index contributed by atoms with van der Waals surface area (Å²) in [6.07, 6.45) is 6.41. The number of aromatic amines is 1. The first-order valence-electron chi connectivity index (χ1n) is 10.4. The third kappa shape index (κ3) is 3.67. The summed E-state index contributed by atoms with van der Waals surface area (Å²) in [6.45, 7) is 3.13. The van der Waals surface area contributed by atoms with Crippen molar-refractivity contribution in [2.75, 3.05) is 37.7 Å². The van der Waals surface area contributed by atoms with Crippen LogP contribution in [0.5, 0.6) is 5.75 Å². The molecule has 1 aromatic carbocycles. The number of nitrogens with zero attached hydrogens (tertiary/aromatic N) is 2. The topological polar surface area (TPSA) is 60.1 Å². The van der Waals surface area contributed by atoms with Crippen molar-refractivity contribution < 1.29 is 18.9 Å². The smallest absolute Gasteiger partial charge is 0.274 e. The van der Waals surface area contributed by atoms with Gasteiger partial charge in [-0.15, -0.1) is 0 Å². The maximum absolute atomic E-state index is 12.6. The first-order chi connectivity index (χ1) is 14.3. The van der Waals surface area contributed by atoms with E-state index in [0.717, 1.165) is 54.2 Å². The van der Waals surface area contributed by atoms with E-state index in [1.807, 2.05) is 41.4 Å². The summed E-state index contributed by atoms with van der Waals surface area (Å²) in [4.78, 5) is 20.0. The van der Waals surface area contributed by atoms with E-state index in [4.69, 9.17) is 9.15 Å². The van der Waals surface area contributed by atoms with Crippen LogP contribution in [0.4, 0.5) is 5.82 Å². The van der Waals surface area contributed by atoms with Gasteiger partial charge < -0.3 is 14.1 Å². The summed E-state index contributed by atoms with van der Waals surface area (Å²) in [5.74, 6) is 2.98. The molecule has 3 heterocycles. The Hall–Kier alpha value is -3.02. The lowest BCUT2D eigenvalue weighted by atomic mass is 9.96. The second-order valence-corrected chi connectivity index (χ2v) is 7.77. The van der Waals surface area contributed by atoms with E-state index in [2.05, 4.69) is 16.0 Å². The normalized spacial score (nSPS) is 16.7. The van der Waals surface area contributed by atoms with E-state index >= 15 is 0 Å². The second-order valence-electron chi connectivity index (χ2n) is 7.77. The molecule has 6 heteroatoms. The summed E-state index contributed by atoms with van der Waals surface area (Å²) in [6, 6.07) is 11.9. The average Bonchev–Trinajstić information content (AvgIpc) is 3.16. The highest BCUT2D eigenvalue weighted by atomic mass is 16.5. The number of piperazine rings is 1. The Morgan fingerprint density at radius 1 is 1.07 bits per heavy atom. The Labute approximate surface area is 170 Å². The number of ether oxygens (including phenoxy) is 1. The van der Waals surface area contributed by atoms with Gasteiger partial charge in [0.1, 0.15) is 30.2 Å². The first kappa shape index (κ1) is 18.0. The summed E-state index contributed by atoms with van der Waals surface area (Å²) in [7, 11) is 0. The number of amides is 1. The SMILES string of the molecule is O=C(COc1ccc2oc3c(c2c1)CCCC3)N1CCN(c2cccc[nH+]2)CC1. The van der Waals surface area contributed by atoms with Crippen LogP contribution in [0.25, 0.3) is 11.0 Å². The molecule has 150 valence electrons. The lowest BCUT2D eigenvalue weighted by molar-refractivity contribution is -0.364. The number of hydrogen-bond donors (Lipinski definition) is 0. The van der Waals surface area contributed by atoms with Gasteiger partial charge in [-0.1, -0.05) is 6.07 Å². The van der Waals surface area contributed by atoms with E-state index in [0.29, 0.717) is 13.1 Å². The summed E-state index contributed by atoms with van der Waals surface area (Å²) >= 11 is 0. The van der Waals surface area contributed by atoms with E-state index < -0.39 is 0 Å². The number of nitrogens with one attached hydrogen (secondary N) is 1. The van der Waals surface area contributed by atoms with Crippen molar-refractivity contribution >= 4 is 22.7 Å². The summed E-state index contributed by atoms with van der Waals surface area (Å²) < 4.78 is 11.8. The molecule has 1 aliphatic heterocycles. The summed E-state index contributed by atoms with van der Waals surface area (Å²) in [5.41, 5.74) is 2.24. The third-order valence-corrected chi connectivity index (χ3v) is 5.95. The molecule has 1 aliphatic carbocycles. The fourth-order valence-electron chi connectivity index (χ4n) is 4.35. The molecule has 1 amide bonds. The number of pyridine rings is 1. The highest BCUT2D eigenvalue weighted by Gasteiger charge is 2.26. The van der Waals surface area contributed by atoms with Gasteiger partial charge in [-0.3, -0.25) is 9.69 Å². The van der Waals surface area contributed by atoms with Crippen LogP contribution >= 0.6 is 0 Å². The molecule has 5 rings (SSSR count). The Morgan fingerprint density at radius 2 is 1.93 bits per heavy atom. The van der Waals surface area contributed by atoms with Gasteiger partial charge in [0.05, 0.1) is 19.3 Å². The highest BCUT2D eigenvalue weighted by molar-refractivity contribution is 5.84. The molecule has 6 nitrogen and oxygen atoms in total. The molecule has 1 N–H and O–H groups in total. The maximum Gasteiger partial charge on any atom is 0.274 e. The minimum absolute atomic E-state index is 0.0380. The van der Waals surface area contributed by atoms with Crippen molar-refractivity contribution in [3.05, 3.63) is 53.9 Å². The van der Waals surface area contributed by atoms with E-state index in [1.165, 1.54) is 18.4 Å². The minimum Gasteiger partial charge on any atom is -0.484 e. The van der Waals surface area contributed by atoms with Crippen LogP contribution < -0.4 is 14.6 Å². The molecular weight excluding hydrogens is 366 g/mol. The zero-order valence-corrected chi connectivity index (χ0v) is 16.5. The van der Waals surface area contributed by atoms with Crippen molar-refractivity contribution in [3.8, 4) is 5.75 Å². The van der Waals surface area contributed by atoms with Crippen LogP contribution in [-0.2, 0) is 17.6 Å². The highest BCUT2D eigenvalue weighted by Crippen LogP contribution is 2.33. The van der Waals surface area contributed by atoms with Crippen molar-refractivity contribution in [3.63, 3.8) is 0 Å². The van der Waals surface area contributed by atoms with Gasteiger partial charge in [0.25, 0.3) is 11.7 Å². The minimum atomic E-state index is 0.0380. The standard InChI is InChI=1S/C23H25N3O3/c27-23(26-13-11-25(12-14-26)22-7-3-4-10-24-22)16-28-17-8-9-21-19(15-17)18-5-1-2-6-20(18)29-21/h3-4,7-10,15H,1-2,5-6,11-14,16H2/p+1. The fourth-order valence-corrected chi connectivity index (χ4v) is 4.35. The van der Waals surface area contributed by atoms with Gasteiger partial charge in [-0.05, 0) is 43.5 Å². The molecule has 29 heavy (non-hydrogen) atoms. The molecule has 0 saturated carbocycles. The Bertz CT molecular complexity index is 1010. The zero-order valence-electron chi connectivity index (χ0n) is 16.5. The fraction of sp³-hybridized carbons (Fsp3) is 0.391. The number of aromatic nitrogens is 1. The zero-order chi connectivity index (χ0) is 19.6. The number of hydrogen-bond acceptors (Lipinski definition) is 4. The number of anilines is 1. The molecule has 2 aliphatic rings. The average molecular weight is 392 g/mol. The lowest BCUT2D eigenvalue weighted by Crippen LogP contribution is -2.51. The van der Waals surface area contributed by atoms with Gasteiger partial charge in [0, 0.05) is 23.4 Å². The van der Waals surface area contributed by atoms with Crippen LogP contribution in [0.15, 0.2) is 47.0 Å². The molecule has 1 fully saturated rings. The van der Waals surface area contributed by atoms with Crippen LogP contribution in [0.2, 0.25) is 0 Å². The number of carbonyl (C=O) groups excluding carboxylic acids is 1. The van der Waals surface area contributed by atoms with Crippen molar-refractivity contribution in [2.24, 2.45) is 0 Å². The number of benzene rings is 1. The first-order valence-corrected chi connectivity index (χ1v) is 10.4. The van der Waals surface area contributed by atoms with Gasteiger partial charge in [-0.25, -0.2) is 4.98 Å². The molecule has 3 aromatic rings. The second kappa shape index (κ2) is 7.78. The Kier molecular flexibility index (Phi) is 4.84. The number of rotatable bonds is 4. The molecular formula is C23H26N3O3+. The van der Waals surface area contributed by atoms with Gasteiger partial charge >= 0.3 is 0 Å². The Morgan fingerprint density at radius 3 is 2.76 bits per heavy atom. The van der Waals surface area contributed by atoms with Gasteiger partial charge in [0.2, 0.25) is 0 Å². The number of aryl methyl sites for hydroxylation is 2. The van der Waals surface area contributed by atoms with Gasteiger partial charge in [0.15, 0.2) is 6.61 Å². The van der Waals surface area contributed by atoms with Crippen LogP contribution in [0.1, 0.15) is 24.2 Å². The quantitative estimate of drug-likeness (QED) is 0.685. The number of H-pyrrole nitrogens is 1. The number of furan rings is 1. The molecule has 0 bridgehead atoms. The number of carbonyl (C=O) groups is 1. The molecule has 0 spiro atoms. The van der Waals surface area contributed by atoms with Crippen molar-refractivity contribution in [1.82, 2.24) is 4.90 Å². The predicted octanol–water partition coefficient (Wildman–Crippen LogP) is 2.85. The van der Waals surface area contributed by atoms with E-state index in [9.17, 15) is 4.79 Å². The van der Waals surface area contributed by atoms with Gasteiger partial charge in [-0.2, -0.15) is 0 Å². The molecule has 0 unspecified atom stereocenters. The number of fused-ring (bicyclic) bond motifs is 3. The van der Waals surface area contributed by atoms with Crippen LogP contribution in [0.3, 0.4) is 0 Å². The lowest BCUT2D eigenvalue weighted by Gasteiger charge is -2.30. The molecule has 0 radical (unpaired) electrons. The van der Waals surface area contributed by atoms with Crippen molar-refractivity contribution in [2.45, 2.75) is 25.7 Å². The molecule has 2 aromatic heterocycles. The predicted molar refractivity (Wildman–Crippen MR) is 110 cm³/mol. The molecule has 0 atom stereocenters. The van der Waals surface area contributed by atoms with E-state index in [1.54, 1.807) is 0 Å². The molecule has 1 saturated heterocycles. The van der Waals surface area contributed by atoms with Crippen LogP contribution in [-0.4, -0.2) is 43.6 Å². The largest absolute Gasteiger partial charge is 0.484 e.